The van der Waals surface area contributed by atoms with Crippen molar-refractivity contribution in [2.24, 2.45) is 0 Å². The number of aryl methyl sites for hydroxylation is 2. The molecule has 1 aromatic heterocycles. The van der Waals surface area contributed by atoms with Gasteiger partial charge in [-0.2, -0.15) is 5.10 Å². The van der Waals surface area contributed by atoms with Gasteiger partial charge in [0.2, 0.25) is 5.91 Å². The fourth-order valence-corrected chi connectivity index (χ4v) is 2.49. The van der Waals surface area contributed by atoms with Crippen LogP contribution in [0.4, 0.5) is 0 Å². The molecule has 1 aromatic rings. The third kappa shape index (κ3) is 3.79. The van der Waals surface area contributed by atoms with Gasteiger partial charge in [-0.1, -0.05) is 0 Å². The lowest BCUT2D eigenvalue weighted by Crippen LogP contribution is -2.36. The molecule has 1 amide bonds. The molecule has 0 unspecified atom stereocenters. The monoisotopic (exact) mass is 328 g/mol. The third-order valence-electron chi connectivity index (χ3n) is 3.23. The Hall–Kier alpha value is -0.880. The van der Waals surface area contributed by atoms with Gasteiger partial charge < -0.3 is 5.32 Å². The van der Waals surface area contributed by atoms with Gasteiger partial charge >= 0.3 is 0 Å². The standard InChI is InChI=1S/C13H21BrN4O/c1-4-18-11(13(14)9(2)16-18)7-17(3)8-12(19)15-10-5-6-10/h10H,4-8H2,1-3H3,(H,15,19). The summed E-state index contributed by atoms with van der Waals surface area (Å²) in [4.78, 5) is 13.8. The van der Waals surface area contributed by atoms with E-state index in [9.17, 15) is 4.79 Å². The Balaban J connectivity index is 1.93. The summed E-state index contributed by atoms with van der Waals surface area (Å²) in [7, 11) is 1.96. The van der Waals surface area contributed by atoms with Crippen LogP contribution in [0.3, 0.4) is 0 Å². The van der Waals surface area contributed by atoms with Crippen LogP contribution in [0, 0.1) is 6.92 Å². The van der Waals surface area contributed by atoms with Crippen LogP contribution in [0.5, 0.6) is 0 Å². The second kappa shape index (κ2) is 6.05. The molecule has 1 saturated carbocycles. The van der Waals surface area contributed by atoms with Crippen LogP contribution in [-0.2, 0) is 17.9 Å². The molecule has 0 atom stereocenters. The van der Waals surface area contributed by atoms with Crippen molar-refractivity contribution in [3.05, 3.63) is 15.9 Å². The van der Waals surface area contributed by atoms with Crippen molar-refractivity contribution in [3.8, 4) is 0 Å². The van der Waals surface area contributed by atoms with Gasteiger partial charge in [0.25, 0.3) is 0 Å². The van der Waals surface area contributed by atoms with Crippen LogP contribution in [0.2, 0.25) is 0 Å². The lowest BCUT2D eigenvalue weighted by Gasteiger charge is -2.17. The normalized spacial score (nSPS) is 15.0. The smallest absolute Gasteiger partial charge is 0.234 e. The van der Waals surface area contributed by atoms with E-state index in [4.69, 9.17) is 0 Å². The first kappa shape index (κ1) is 14.5. The van der Waals surface area contributed by atoms with Gasteiger partial charge in [-0.15, -0.1) is 0 Å². The number of nitrogens with one attached hydrogen (secondary N) is 1. The molecule has 19 heavy (non-hydrogen) atoms. The highest BCUT2D eigenvalue weighted by molar-refractivity contribution is 9.10. The fourth-order valence-electron chi connectivity index (χ4n) is 2.08. The number of hydrogen-bond donors (Lipinski definition) is 1. The van der Waals surface area contributed by atoms with E-state index in [0.717, 1.165) is 35.2 Å². The van der Waals surface area contributed by atoms with Crippen molar-refractivity contribution < 1.29 is 4.79 Å². The molecule has 1 aliphatic carbocycles. The summed E-state index contributed by atoms with van der Waals surface area (Å²) in [5.41, 5.74) is 2.12. The van der Waals surface area contributed by atoms with Crippen LogP contribution >= 0.6 is 15.9 Å². The van der Waals surface area contributed by atoms with Crippen molar-refractivity contribution >= 4 is 21.8 Å². The van der Waals surface area contributed by atoms with E-state index in [0.29, 0.717) is 19.1 Å². The maximum Gasteiger partial charge on any atom is 0.234 e. The van der Waals surface area contributed by atoms with Gasteiger partial charge in [0.05, 0.1) is 22.4 Å². The Morgan fingerprint density at radius 2 is 2.26 bits per heavy atom. The zero-order valence-electron chi connectivity index (χ0n) is 11.7. The maximum absolute atomic E-state index is 11.8. The first-order valence-corrected chi connectivity index (χ1v) is 7.50. The zero-order valence-corrected chi connectivity index (χ0v) is 13.3. The summed E-state index contributed by atoms with van der Waals surface area (Å²) >= 11 is 3.58. The molecule has 1 heterocycles. The molecule has 0 saturated heterocycles. The number of carbonyl (C=O) groups is 1. The van der Waals surface area contributed by atoms with E-state index in [1.54, 1.807) is 0 Å². The van der Waals surface area contributed by atoms with Gasteiger partial charge in [0.1, 0.15) is 0 Å². The molecule has 6 heteroatoms. The Labute approximate surface area is 122 Å². The zero-order chi connectivity index (χ0) is 14.0. The number of hydrogen-bond acceptors (Lipinski definition) is 3. The minimum Gasteiger partial charge on any atom is -0.352 e. The number of amides is 1. The fraction of sp³-hybridized carbons (Fsp3) is 0.692. The highest BCUT2D eigenvalue weighted by atomic mass is 79.9. The second-order valence-electron chi connectivity index (χ2n) is 5.18. The van der Waals surface area contributed by atoms with E-state index in [2.05, 4.69) is 33.3 Å². The first-order chi connectivity index (χ1) is 9.01. The molecule has 5 nitrogen and oxygen atoms in total. The van der Waals surface area contributed by atoms with Crippen LogP contribution in [0.1, 0.15) is 31.2 Å². The highest BCUT2D eigenvalue weighted by Crippen LogP contribution is 2.22. The van der Waals surface area contributed by atoms with Gasteiger partial charge in [-0.25, -0.2) is 0 Å². The topological polar surface area (TPSA) is 50.2 Å². The predicted octanol–water partition coefficient (Wildman–Crippen LogP) is 1.68. The second-order valence-corrected chi connectivity index (χ2v) is 5.97. The summed E-state index contributed by atoms with van der Waals surface area (Å²) < 4.78 is 3.03. The molecule has 0 aromatic carbocycles. The maximum atomic E-state index is 11.8. The summed E-state index contributed by atoms with van der Waals surface area (Å²) in [6, 6.07) is 0.427. The van der Waals surface area contributed by atoms with E-state index in [1.165, 1.54) is 0 Å². The van der Waals surface area contributed by atoms with Gasteiger partial charge in [-0.3, -0.25) is 14.4 Å². The predicted molar refractivity (Wildman–Crippen MR) is 77.8 cm³/mol. The Bertz CT molecular complexity index is 467. The molecule has 0 radical (unpaired) electrons. The average molecular weight is 329 g/mol. The van der Waals surface area contributed by atoms with Crippen LogP contribution in [-0.4, -0.2) is 40.2 Å². The van der Waals surface area contributed by atoms with E-state index < -0.39 is 0 Å². The van der Waals surface area contributed by atoms with Crippen molar-refractivity contribution in [3.63, 3.8) is 0 Å². The average Bonchev–Trinajstić information content (AvgIpc) is 3.11. The number of likely N-dealkylation sites (N-methyl/N-ethyl adjacent to an activating group) is 1. The minimum atomic E-state index is 0.111. The number of carbonyl (C=O) groups excluding carboxylic acids is 1. The van der Waals surface area contributed by atoms with Gasteiger partial charge in [0, 0.05) is 19.1 Å². The number of rotatable bonds is 6. The number of nitrogens with zero attached hydrogens (tertiary/aromatic N) is 3. The molecule has 0 bridgehead atoms. The van der Waals surface area contributed by atoms with E-state index in [1.807, 2.05) is 23.6 Å². The number of aromatic nitrogens is 2. The molecular weight excluding hydrogens is 308 g/mol. The minimum absolute atomic E-state index is 0.111. The summed E-state index contributed by atoms with van der Waals surface area (Å²) in [5.74, 6) is 0.111. The summed E-state index contributed by atoms with van der Waals surface area (Å²) in [6.07, 6.45) is 2.26. The molecule has 0 aliphatic heterocycles. The summed E-state index contributed by atoms with van der Waals surface area (Å²) in [5, 5.41) is 7.47. The van der Waals surface area contributed by atoms with E-state index in [-0.39, 0.29) is 5.91 Å². The van der Waals surface area contributed by atoms with Crippen molar-refractivity contribution in [1.29, 1.82) is 0 Å². The number of halogens is 1. The molecule has 106 valence electrons. The van der Waals surface area contributed by atoms with Crippen molar-refractivity contribution in [2.75, 3.05) is 13.6 Å². The lowest BCUT2D eigenvalue weighted by atomic mass is 10.3. The Kier molecular flexibility index (Phi) is 4.62. The Morgan fingerprint density at radius 1 is 1.58 bits per heavy atom. The molecule has 1 N–H and O–H groups in total. The van der Waals surface area contributed by atoms with Crippen LogP contribution < -0.4 is 5.32 Å². The van der Waals surface area contributed by atoms with Crippen molar-refractivity contribution in [2.45, 2.75) is 45.8 Å². The van der Waals surface area contributed by atoms with Crippen LogP contribution in [0.25, 0.3) is 0 Å². The molecule has 2 rings (SSSR count). The molecule has 1 aliphatic rings. The van der Waals surface area contributed by atoms with Crippen LogP contribution in [0.15, 0.2) is 4.47 Å². The summed E-state index contributed by atoms with van der Waals surface area (Å²) in [6.45, 7) is 6.04. The third-order valence-corrected chi connectivity index (χ3v) is 4.26. The van der Waals surface area contributed by atoms with Gasteiger partial charge in [0.15, 0.2) is 0 Å². The molecular formula is C13H21BrN4O. The van der Waals surface area contributed by atoms with Gasteiger partial charge in [-0.05, 0) is 49.7 Å². The molecule has 0 spiro atoms. The SMILES string of the molecule is CCn1nc(C)c(Br)c1CN(C)CC(=O)NC1CC1. The first-order valence-electron chi connectivity index (χ1n) is 6.71. The highest BCUT2D eigenvalue weighted by Gasteiger charge is 2.24. The largest absolute Gasteiger partial charge is 0.352 e. The van der Waals surface area contributed by atoms with E-state index >= 15 is 0 Å². The lowest BCUT2D eigenvalue weighted by molar-refractivity contribution is -0.122. The Morgan fingerprint density at radius 3 is 2.84 bits per heavy atom. The quantitative estimate of drug-likeness (QED) is 0.864. The molecule has 1 fully saturated rings. The van der Waals surface area contributed by atoms with Crippen molar-refractivity contribution in [1.82, 2.24) is 20.0 Å².